The second-order valence-electron chi connectivity index (χ2n) is 3.26. The van der Waals surface area contributed by atoms with E-state index in [2.05, 4.69) is 4.74 Å². The first kappa shape index (κ1) is 15.5. The van der Waals surface area contributed by atoms with E-state index in [-0.39, 0.29) is 10.8 Å². The molecule has 0 saturated carbocycles. The Labute approximate surface area is 113 Å². The molecule has 0 aliphatic heterocycles. The van der Waals surface area contributed by atoms with Crippen molar-refractivity contribution >= 4 is 31.4 Å². The zero-order valence-corrected chi connectivity index (χ0v) is 11.3. The maximum absolute atomic E-state index is 11.5. The SMILES string of the molecule is CC(OS(=O)(=O)SC(=O)OC(=O)O)c1ccccc1. The lowest BCUT2D eigenvalue weighted by atomic mass is 10.1. The number of ether oxygens (including phenoxy) is 1. The molecule has 0 spiro atoms. The highest BCUT2D eigenvalue weighted by Crippen LogP contribution is 2.25. The molecule has 1 aromatic carbocycles. The van der Waals surface area contributed by atoms with E-state index < -0.39 is 26.7 Å². The van der Waals surface area contributed by atoms with Crippen LogP contribution < -0.4 is 0 Å². The Morgan fingerprint density at radius 1 is 1.26 bits per heavy atom. The number of carboxylic acid groups (broad SMARTS) is 1. The van der Waals surface area contributed by atoms with Crippen molar-refractivity contribution in [3.05, 3.63) is 35.9 Å². The molecule has 0 amide bonds. The molecule has 0 saturated heterocycles. The summed E-state index contributed by atoms with van der Waals surface area (Å²) < 4.78 is 31.3. The molecular weight excluding hydrogens is 296 g/mol. The van der Waals surface area contributed by atoms with Crippen LogP contribution in [0.1, 0.15) is 18.6 Å². The van der Waals surface area contributed by atoms with Gasteiger partial charge in [0.05, 0.1) is 0 Å². The molecule has 0 aliphatic rings. The molecule has 0 aliphatic carbocycles. The van der Waals surface area contributed by atoms with Gasteiger partial charge in [-0.2, -0.15) is 8.42 Å². The summed E-state index contributed by atoms with van der Waals surface area (Å²) in [5.41, 5.74) is 0.596. The van der Waals surface area contributed by atoms with Crippen LogP contribution in [0, 0.1) is 0 Å². The lowest BCUT2D eigenvalue weighted by Gasteiger charge is -2.11. The fourth-order valence-corrected chi connectivity index (χ4v) is 3.00. The Morgan fingerprint density at radius 2 is 1.84 bits per heavy atom. The first-order chi connectivity index (χ1) is 8.80. The second-order valence-corrected chi connectivity index (χ2v) is 6.49. The van der Waals surface area contributed by atoms with Gasteiger partial charge in [-0.3, -0.25) is 4.18 Å². The van der Waals surface area contributed by atoms with Crippen LogP contribution in [0.2, 0.25) is 0 Å². The van der Waals surface area contributed by atoms with Gasteiger partial charge in [0.15, 0.2) is 0 Å². The molecule has 19 heavy (non-hydrogen) atoms. The third-order valence-corrected chi connectivity index (χ3v) is 4.08. The molecule has 0 radical (unpaired) electrons. The van der Waals surface area contributed by atoms with E-state index in [1.54, 1.807) is 30.3 Å². The zero-order chi connectivity index (χ0) is 14.5. The number of carbonyl (C=O) groups excluding carboxylic acids is 1. The minimum Gasteiger partial charge on any atom is -0.449 e. The van der Waals surface area contributed by atoms with Crippen LogP contribution in [-0.4, -0.2) is 25.0 Å². The van der Waals surface area contributed by atoms with Crippen molar-refractivity contribution in [3.8, 4) is 0 Å². The van der Waals surface area contributed by atoms with Crippen molar-refractivity contribution in [2.45, 2.75) is 13.0 Å². The smallest absolute Gasteiger partial charge is 0.449 e. The zero-order valence-electron chi connectivity index (χ0n) is 9.68. The summed E-state index contributed by atoms with van der Waals surface area (Å²) in [6, 6.07) is 8.46. The standard InChI is InChI=1S/C10H10O7S2/c1-7(8-5-3-2-4-6-8)17-19(14,15)18-10(13)16-9(11)12/h2-7H,1H3,(H,11,12). The van der Waals surface area contributed by atoms with Crippen molar-refractivity contribution in [3.63, 3.8) is 0 Å². The van der Waals surface area contributed by atoms with Gasteiger partial charge in [0, 0.05) is 0 Å². The highest BCUT2D eigenvalue weighted by atomic mass is 33.1. The fourth-order valence-electron chi connectivity index (χ4n) is 1.15. The molecule has 0 fully saturated rings. The fraction of sp³-hybridized carbons (Fsp3) is 0.200. The highest BCUT2D eigenvalue weighted by Gasteiger charge is 2.25. The van der Waals surface area contributed by atoms with Gasteiger partial charge in [-0.25, -0.2) is 9.59 Å². The lowest BCUT2D eigenvalue weighted by molar-refractivity contribution is 0.122. The number of carbonyl (C=O) groups is 2. The largest absolute Gasteiger partial charge is 0.514 e. The molecule has 1 unspecified atom stereocenters. The van der Waals surface area contributed by atoms with Crippen LogP contribution in [0.25, 0.3) is 0 Å². The Kier molecular flexibility index (Phi) is 5.33. The van der Waals surface area contributed by atoms with Gasteiger partial charge in [0.25, 0.3) is 0 Å². The summed E-state index contributed by atoms with van der Waals surface area (Å²) in [7, 11) is -4.63. The van der Waals surface area contributed by atoms with Crippen molar-refractivity contribution in [2.24, 2.45) is 0 Å². The summed E-state index contributed by atoms with van der Waals surface area (Å²) in [6.07, 6.45) is -2.69. The van der Waals surface area contributed by atoms with Crippen LogP contribution in [-0.2, 0) is 18.1 Å². The minimum atomic E-state index is -4.30. The maximum Gasteiger partial charge on any atom is 0.514 e. The maximum atomic E-state index is 11.5. The van der Waals surface area contributed by atoms with Crippen LogP contribution in [0.3, 0.4) is 0 Å². The van der Waals surface area contributed by atoms with E-state index in [1.807, 2.05) is 0 Å². The van der Waals surface area contributed by atoms with Gasteiger partial charge in [-0.05, 0) is 12.5 Å². The monoisotopic (exact) mass is 306 g/mol. The lowest BCUT2D eigenvalue weighted by Crippen LogP contribution is -2.11. The van der Waals surface area contributed by atoms with E-state index in [9.17, 15) is 18.0 Å². The molecule has 7 nitrogen and oxygen atoms in total. The van der Waals surface area contributed by atoms with Gasteiger partial charge in [-0.15, -0.1) is 0 Å². The van der Waals surface area contributed by atoms with E-state index >= 15 is 0 Å². The normalized spacial score (nSPS) is 12.7. The summed E-state index contributed by atoms with van der Waals surface area (Å²) in [6.45, 7) is 1.48. The van der Waals surface area contributed by atoms with Gasteiger partial charge in [0.2, 0.25) is 0 Å². The van der Waals surface area contributed by atoms with Gasteiger partial charge < -0.3 is 9.84 Å². The summed E-state index contributed by atoms with van der Waals surface area (Å²) >= 11 is 0. The van der Waals surface area contributed by atoms with E-state index in [0.717, 1.165) is 0 Å². The van der Waals surface area contributed by atoms with Gasteiger partial charge in [-0.1, -0.05) is 30.3 Å². The molecule has 1 aromatic rings. The molecule has 9 heteroatoms. The summed E-state index contributed by atoms with van der Waals surface area (Å²) in [5.74, 6) is 0. The molecule has 0 heterocycles. The van der Waals surface area contributed by atoms with E-state index in [1.165, 1.54) is 6.92 Å². The summed E-state index contributed by atoms with van der Waals surface area (Å²) in [4.78, 5) is 20.9. The minimum absolute atomic E-state index is 0.339. The Morgan fingerprint density at radius 3 is 2.37 bits per heavy atom. The van der Waals surface area contributed by atoms with Crippen LogP contribution in [0.5, 0.6) is 0 Å². The van der Waals surface area contributed by atoms with Crippen molar-refractivity contribution in [1.29, 1.82) is 0 Å². The highest BCUT2D eigenvalue weighted by molar-refractivity contribution is 8.76. The van der Waals surface area contributed by atoms with E-state index in [4.69, 9.17) is 9.29 Å². The third kappa shape index (κ3) is 5.73. The Bertz CT molecular complexity index is 553. The predicted octanol–water partition coefficient (Wildman–Crippen LogP) is 2.56. The van der Waals surface area contributed by atoms with Crippen molar-refractivity contribution < 1.29 is 32.0 Å². The molecule has 0 bridgehead atoms. The average Bonchev–Trinajstić information content (AvgIpc) is 2.27. The molecule has 1 N–H and O–H groups in total. The molecule has 0 aromatic heterocycles. The third-order valence-electron chi connectivity index (χ3n) is 1.87. The Hall–Kier alpha value is -1.58. The molecular formula is C10H10O7S2. The van der Waals surface area contributed by atoms with Crippen LogP contribution in [0.15, 0.2) is 30.3 Å². The molecule has 1 rings (SSSR count). The predicted molar refractivity (Wildman–Crippen MR) is 67.0 cm³/mol. The first-order valence-electron chi connectivity index (χ1n) is 4.92. The second kappa shape index (κ2) is 6.55. The number of benzene rings is 1. The van der Waals surface area contributed by atoms with Crippen molar-refractivity contribution in [1.82, 2.24) is 0 Å². The average molecular weight is 306 g/mol. The number of hydrogen-bond acceptors (Lipinski definition) is 7. The number of rotatable bonds is 4. The quantitative estimate of drug-likeness (QED) is 0.513. The summed E-state index contributed by atoms with van der Waals surface area (Å²) in [5, 5.41) is 6.66. The number of hydrogen-bond donors (Lipinski definition) is 1. The first-order valence-corrected chi connectivity index (χ1v) is 7.66. The Balaban J connectivity index is 2.65. The van der Waals surface area contributed by atoms with Gasteiger partial charge >= 0.3 is 20.6 Å². The van der Waals surface area contributed by atoms with Crippen molar-refractivity contribution in [2.75, 3.05) is 0 Å². The van der Waals surface area contributed by atoms with Gasteiger partial charge in [0.1, 0.15) is 16.9 Å². The topological polar surface area (TPSA) is 107 Å². The molecule has 104 valence electrons. The molecule has 1 atom stereocenters. The van der Waals surface area contributed by atoms with Crippen LogP contribution >= 0.6 is 10.8 Å². The van der Waals surface area contributed by atoms with Crippen LogP contribution in [0.4, 0.5) is 9.59 Å². The van der Waals surface area contributed by atoms with E-state index in [0.29, 0.717) is 5.56 Å².